The molecule has 0 spiro atoms. The molecule has 1 unspecified atom stereocenters. The zero-order valence-corrected chi connectivity index (χ0v) is 18.2. The monoisotopic (exact) mass is 407 g/mol. The van der Waals surface area contributed by atoms with Crippen LogP contribution in [0.5, 0.6) is 11.5 Å². The van der Waals surface area contributed by atoms with Crippen LogP contribution >= 0.6 is 0 Å². The van der Waals surface area contributed by atoms with Crippen molar-refractivity contribution in [3.63, 3.8) is 0 Å². The molecule has 0 radical (unpaired) electrons. The summed E-state index contributed by atoms with van der Waals surface area (Å²) in [6.45, 7) is 8.41. The van der Waals surface area contributed by atoms with Crippen molar-refractivity contribution < 1.29 is 18.7 Å². The van der Waals surface area contributed by atoms with Crippen LogP contribution in [0.15, 0.2) is 53.2 Å². The van der Waals surface area contributed by atoms with E-state index in [1.165, 1.54) is 0 Å². The first-order valence-corrected chi connectivity index (χ1v) is 10.3. The van der Waals surface area contributed by atoms with Crippen LogP contribution < -0.4 is 14.8 Å². The molecule has 1 amide bonds. The second-order valence-corrected chi connectivity index (χ2v) is 7.27. The largest absolute Gasteiger partial charge is 0.496 e. The van der Waals surface area contributed by atoms with Crippen molar-refractivity contribution in [3.8, 4) is 22.6 Å². The average Bonchev–Trinajstić information content (AvgIpc) is 3.15. The van der Waals surface area contributed by atoms with Crippen molar-refractivity contribution in [2.75, 3.05) is 13.7 Å². The first-order chi connectivity index (χ1) is 14.5. The van der Waals surface area contributed by atoms with Gasteiger partial charge in [-0.2, -0.15) is 0 Å². The lowest BCUT2D eigenvalue weighted by Crippen LogP contribution is -2.30. The molecule has 0 aliphatic carbocycles. The maximum Gasteiger partial charge on any atom is 0.244 e. The zero-order chi connectivity index (χ0) is 21.7. The SMILES string of the molecule is CCOc1cc2occ(-c3ccccc3OC)c2cc1/C(C)=C/C(=O)NC(C)CC. The Bertz CT molecular complexity index is 1060. The fourth-order valence-electron chi connectivity index (χ4n) is 3.37. The Morgan fingerprint density at radius 3 is 2.63 bits per heavy atom. The van der Waals surface area contributed by atoms with Crippen molar-refractivity contribution in [1.82, 2.24) is 5.32 Å². The molecule has 5 nitrogen and oxygen atoms in total. The minimum atomic E-state index is -0.110. The van der Waals surface area contributed by atoms with Crippen LogP contribution in [-0.4, -0.2) is 25.7 Å². The van der Waals surface area contributed by atoms with E-state index in [1.807, 2.05) is 64.1 Å². The number of fused-ring (bicyclic) bond motifs is 1. The minimum absolute atomic E-state index is 0.110. The lowest BCUT2D eigenvalue weighted by molar-refractivity contribution is -0.117. The molecule has 1 atom stereocenters. The number of rotatable bonds is 8. The normalized spacial score (nSPS) is 12.6. The number of allylic oxidation sites excluding steroid dienone is 1. The molecule has 3 rings (SSSR count). The van der Waals surface area contributed by atoms with E-state index < -0.39 is 0 Å². The van der Waals surface area contributed by atoms with Gasteiger partial charge in [0, 0.05) is 40.3 Å². The van der Waals surface area contributed by atoms with Gasteiger partial charge in [-0.25, -0.2) is 0 Å². The molecular formula is C25H29NO4. The fourth-order valence-corrected chi connectivity index (χ4v) is 3.37. The quantitative estimate of drug-likeness (QED) is 0.478. The summed E-state index contributed by atoms with van der Waals surface area (Å²) in [5.74, 6) is 1.35. The number of amides is 1. The van der Waals surface area contributed by atoms with Crippen LogP contribution in [0.4, 0.5) is 0 Å². The number of para-hydroxylation sites is 1. The van der Waals surface area contributed by atoms with E-state index in [0.29, 0.717) is 12.4 Å². The van der Waals surface area contributed by atoms with E-state index >= 15 is 0 Å². The summed E-state index contributed by atoms with van der Waals surface area (Å²) in [6.07, 6.45) is 4.24. The maximum absolute atomic E-state index is 12.4. The number of carbonyl (C=O) groups excluding carboxylic acids is 1. The molecule has 0 aliphatic rings. The van der Waals surface area contributed by atoms with E-state index in [9.17, 15) is 4.79 Å². The van der Waals surface area contributed by atoms with Gasteiger partial charge in [0.15, 0.2) is 0 Å². The standard InChI is InChI=1S/C25H29NO4/c1-6-17(4)26-25(27)12-16(3)19-13-20-21(18-10-8-9-11-22(18)28-5)15-30-24(20)14-23(19)29-7-2/h8-15,17H,6-7H2,1-5H3,(H,26,27)/b16-12+. The molecule has 2 aromatic carbocycles. The van der Waals surface area contributed by atoms with Crippen molar-refractivity contribution in [3.05, 3.63) is 54.3 Å². The second kappa shape index (κ2) is 9.53. The van der Waals surface area contributed by atoms with Crippen molar-refractivity contribution in [1.29, 1.82) is 0 Å². The highest BCUT2D eigenvalue weighted by Crippen LogP contribution is 2.40. The molecule has 1 N–H and O–H groups in total. The number of carbonyl (C=O) groups is 1. The van der Waals surface area contributed by atoms with Gasteiger partial charge in [-0.1, -0.05) is 25.1 Å². The van der Waals surface area contributed by atoms with Crippen molar-refractivity contribution in [2.24, 2.45) is 0 Å². The summed E-state index contributed by atoms with van der Waals surface area (Å²) in [6, 6.07) is 11.9. The Morgan fingerprint density at radius 1 is 1.17 bits per heavy atom. The van der Waals surface area contributed by atoms with Gasteiger partial charge in [0.05, 0.1) is 20.0 Å². The predicted octanol–water partition coefficient (Wildman–Crippen LogP) is 5.83. The third kappa shape index (κ3) is 4.51. The summed E-state index contributed by atoms with van der Waals surface area (Å²) < 4.78 is 17.2. The summed E-state index contributed by atoms with van der Waals surface area (Å²) >= 11 is 0. The highest BCUT2D eigenvalue weighted by atomic mass is 16.5. The highest BCUT2D eigenvalue weighted by molar-refractivity contribution is 6.01. The van der Waals surface area contributed by atoms with E-state index in [1.54, 1.807) is 19.4 Å². The molecule has 0 bridgehead atoms. The van der Waals surface area contributed by atoms with Crippen LogP contribution in [0.2, 0.25) is 0 Å². The molecular weight excluding hydrogens is 378 g/mol. The summed E-state index contributed by atoms with van der Waals surface area (Å²) in [5.41, 5.74) is 4.29. The van der Waals surface area contributed by atoms with Crippen LogP contribution in [0.1, 0.15) is 39.7 Å². The van der Waals surface area contributed by atoms with Gasteiger partial charge in [-0.05, 0) is 44.9 Å². The molecule has 0 saturated heterocycles. The maximum atomic E-state index is 12.4. The molecule has 1 heterocycles. The molecule has 0 aliphatic heterocycles. The molecule has 158 valence electrons. The van der Waals surface area contributed by atoms with Gasteiger partial charge in [-0.3, -0.25) is 4.79 Å². The smallest absolute Gasteiger partial charge is 0.244 e. The van der Waals surface area contributed by atoms with Crippen LogP contribution in [0, 0.1) is 0 Å². The first-order valence-electron chi connectivity index (χ1n) is 10.3. The number of hydrogen-bond acceptors (Lipinski definition) is 4. The Balaban J connectivity index is 2.11. The predicted molar refractivity (Wildman–Crippen MR) is 121 cm³/mol. The molecule has 5 heteroatoms. The number of ether oxygens (including phenoxy) is 2. The lowest BCUT2D eigenvalue weighted by atomic mass is 9.98. The first kappa shape index (κ1) is 21.5. The summed E-state index contributed by atoms with van der Waals surface area (Å²) in [7, 11) is 1.66. The molecule has 0 fully saturated rings. The molecule has 3 aromatic rings. The number of nitrogens with one attached hydrogen (secondary N) is 1. The number of benzene rings is 2. The highest BCUT2D eigenvalue weighted by Gasteiger charge is 2.17. The Hall–Kier alpha value is -3.21. The van der Waals surface area contributed by atoms with Crippen molar-refractivity contribution >= 4 is 22.4 Å². The van der Waals surface area contributed by atoms with E-state index in [-0.39, 0.29) is 11.9 Å². The molecule has 30 heavy (non-hydrogen) atoms. The van der Waals surface area contributed by atoms with Crippen LogP contribution in [0.3, 0.4) is 0 Å². The van der Waals surface area contributed by atoms with E-state index in [4.69, 9.17) is 13.9 Å². The lowest BCUT2D eigenvalue weighted by Gasteiger charge is -2.13. The number of methoxy groups -OCH3 is 1. The molecule has 1 aromatic heterocycles. The fraction of sp³-hybridized carbons (Fsp3) is 0.320. The van der Waals surface area contributed by atoms with Crippen LogP contribution in [0.25, 0.3) is 27.7 Å². The van der Waals surface area contributed by atoms with Crippen LogP contribution in [-0.2, 0) is 4.79 Å². The third-order valence-corrected chi connectivity index (χ3v) is 5.15. The summed E-state index contributed by atoms with van der Waals surface area (Å²) in [5, 5.41) is 3.91. The number of hydrogen-bond donors (Lipinski definition) is 1. The average molecular weight is 408 g/mol. The van der Waals surface area contributed by atoms with E-state index in [0.717, 1.165) is 45.4 Å². The third-order valence-electron chi connectivity index (χ3n) is 5.15. The Kier molecular flexibility index (Phi) is 6.83. The van der Waals surface area contributed by atoms with Gasteiger partial charge in [0.1, 0.15) is 17.1 Å². The summed E-state index contributed by atoms with van der Waals surface area (Å²) in [4.78, 5) is 12.4. The Labute approximate surface area is 177 Å². The minimum Gasteiger partial charge on any atom is -0.496 e. The Morgan fingerprint density at radius 2 is 1.93 bits per heavy atom. The van der Waals surface area contributed by atoms with E-state index in [2.05, 4.69) is 5.32 Å². The topological polar surface area (TPSA) is 60.7 Å². The van der Waals surface area contributed by atoms with Gasteiger partial charge in [-0.15, -0.1) is 0 Å². The zero-order valence-electron chi connectivity index (χ0n) is 18.2. The van der Waals surface area contributed by atoms with Gasteiger partial charge < -0.3 is 19.2 Å². The van der Waals surface area contributed by atoms with Gasteiger partial charge >= 0.3 is 0 Å². The molecule has 0 saturated carbocycles. The van der Waals surface area contributed by atoms with Gasteiger partial charge in [0.25, 0.3) is 0 Å². The van der Waals surface area contributed by atoms with Crippen molar-refractivity contribution in [2.45, 2.75) is 40.2 Å². The van der Waals surface area contributed by atoms with Gasteiger partial charge in [0.2, 0.25) is 5.91 Å². The number of furan rings is 1. The second-order valence-electron chi connectivity index (χ2n) is 7.27.